The molecule has 1 saturated heterocycles. The third-order valence-corrected chi connectivity index (χ3v) is 5.89. The van der Waals surface area contributed by atoms with Crippen LogP contribution in [0.15, 0.2) is 12.2 Å². The second kappa shape index (κ2) is 6.19. The van der Waals surface area contributed by atoms with Gasteiger partial charge in [-0.1, -0.05) is 45.3 Å². The van der Waals surface area contributed by atoms with Gasteiger partial charge in [0.25, 0.3) is 0 Å². The van der Waals surface area contributed by atoms with Gasteiger partial charge >= 0.3 is 0 Å². The van der Waals surface area contributed by atoms with Crippen molar-refractivity contribution in [2.45, 2.75) is 82.8 Å². The first-order valence-electron chi connectivity index (χ1n) is 8.86. The van der Waals surface area contributed by atoms with Crippen molar-refractivity contribution in [3.05, 3.63) is 12.2 Å². The molecule has 2 unspecified atom stereocenters. The van der Waals surface area contributed by atoms with Gasteiger partial charge in [-0.05, 0) is 38.0 Å². The fourth-order valence-corrected chi connectivity index (χ4v) is 4.62. The monoisotopic (exact) mass is 276 g/mol. The molecule has 0 aromatic carbocycles. The molecule has 3 aliphatic rings. The molecule has 0 radical (unpaired) electrons. The lowest BCUT2D eigenvalue weighted by atomic mass is 9.77. The molecule has 1 N–H and O–H groups in total. The van der Waals surface area contributed by atoms with E-state index in [4.69, 9.17) is 0 Å². The van der Waals surface area contributed by atoms with E-state index in [2.05, 4.69) is 36.2 Å². The molecule has 2 heteroatoms. The molecule has 3 rings (SSSR count). The third kappa shape index (κ3) is 2.96. The Hall–Kier alpha value is -0.340. The van der Waals surface area contributed by atoms with Gasteiger partial charge in [0.1, 0.15) is 0 Å². The highest BCUT2D eigenvalue weighted by Crippen LogP contribution is 2.35. The van der Waals surface area contributed by atoms with E-state index in [1.165, 1.54) is 64.5 Å². The fourth-order valence-electron chi connectivity index (χ4n) is 4.62. The maximum absolute atomic E-state index is 3.98. The third-order valence-electron chi connectivity index (χ3n) is 5.89. The van der Waals surface area contributed by atoms with E-state index in [1.807, 2.05) is 0 Å². The minimum absolute atomic E-state index is 0.449. The van der Waals surface area contributed by atoms with Gasteiger partial charge < -0.3 is 5.32 Å². The number of hydrogen-bond donors (Lipinski definition) is 1. The predicted octanol–water partition coefficient (Wildman–Crippen LogP) is 3.73. The summed E-state index contributed by atoms with van der Waals surface area (Å²) >= 11 is 0. The molecule has 0 aromatic heterocycles. The van der Waals surface area contributed by atoms with Gasteiger partial charge in [-0.25, -0.2) is 0 Å². The van der Waals surface area contributed by atoms with Crippen molar-refractivity contribution < 1.29 is 0 Å². The van der Waals surface area contributed by atoms with Crippen LogP contribution < -0.4 is 5.32 Å². The maximum atomic E-state index is 3.98. The molecule has 0 aromatic rings. The Kier molecular flexibility index (Phi) is 4.52. The number of nitrogens with one attached hydrogen (secondary N) is 1. The zero-order chi connectivity index (χ0) is 14.0. The molecule has 1 spiro atoms. The van der Waals surface area contributed by atoms with Crippen LogP contribution in [0.2, 0.25) is 0 Å². The summed E-state index contributed by atoms with van der Waals surface area (Å²) in [6.45, 7) is 7.31. The van der Waals surface area contributed by atoms with Crippen molar-refractivity contribution in [2.75, 3.05) is 13.1 Å². The predicted molar refractivity (Wildman–Crippen MR) is 85.9 cm³/mol. The second-order valence-electron chi connectivity index (χ2n) is 7.64. The maximum Gasteiger partial charge on any atom is 0.0309 e. The lowest BCUT2D eigenvalue weighted by Gasteiger charge is -2.53. The summed E-state index contributed by atoms with van der Waals surface area (Å²) in [5, 5.41) is 3.98. The fraction of sp³-hybridized carbons (Fsp3) is 0.889. The van der Waals surface area contributed by atoms with Crippen LogP contribution in [0.3, 0.4) is 0 Å². The first-order valence-corrected chi connectivity index (χ1v) is 8.86. The first-order chi connectivity index (χ1) is 9.70. The quantitative estimate of drug-likeness (QED) is 0.773. The second-order valence-corrected chi connectivity index (χ2v) is 7.64. The largest absolute Gasteiger partial charge is 0.308 e. The molecule has 2 fully saturated rings. The molecule has 1 heterocycles. The standard InChI is InChI=1S/C18H32N2/c1-15(2)17-13-19-18(11-7-4-8-12-18)14-20(17)16-9-5-3-6-10-16/h3,5,15-17,19H,4,6-14H2,1-2H3. The smallest absolute Gasteiger partial charge is 0.0309 e. The van der Waals surface area contributed by atoms with E-state index in [0.717, 1.165) is 18.0 Å². The SMILES string of the molecule is CC(C)C1CNC2(CCCCC2)CN1C1CC=CCC1. The van der Waals surface area contributed by atoms with Gasteiger partial charge in [0.2, 0.25) is 0 Å². The number of piperazine rings is 1. The Morgan fingerprint density at radius 2 is 1.95 bits per heavy atom. The van der Waals surface area contributed by atoms with Crippen molar-refractivity contribution in [2.24, 2.45) is 5.92 Å². The molecule has 1 saturated carbocycles. The van der Waals surface area contributed by atoms with Crippen LogP contribution in [-0.4, -0.2) is 35.6 Å². The van der Waals surface area contributed by atoms with E-state index in [9.17, 15) is 0 Å². The van der Waals surface area contributed by atoms with Crippen LogP contribution in [0.1, 0.15) is 65.2 Å². The molecular weight excluding hydrogens is 244 g/mol. The summed E-state index contributed by atoms with van der Waals surface area (Å²) in [5.41, 5.74) is 0.449. The lowest BCUT2D eigenvalue weighted by Crippen LogP contribution is -2.67. The molecule has 2 atom stereocenters. The molecule has 20 heavy (non-hydrogen) atoms. The highest BCUT2D eigenvalue weighted by atomic mass is 15.3. The van der Waals surface area contributed by atoms with Crippen molar-refractivity contribution in [3.8, 4) is 0 Å². The summed E-state index contributed by atoms with van der Waals surface area (Å²) in [6.07, 6.45) is 15.8. The highest BCUT2D eigenvalue weighted by Gasteiger charge is 2.42. The molecule has 0 amide bonds. The average Bonchev–Trinajstić information content (AvgIpc) is 2.48. The van der Waals surface area contributed by atoms with E-state index in [0.29, 0.717) is 5.54 Å². The van der Waals surface area contributed by atoms with Crippen molar-refractivity contribution in [1.82, 2.24) is 10.2 Å². The van der Waals surface area contributed by atoms with Crippen LogP contribution >= 0.6 is 0 Å². The highest BCUT2D eigenvalue weighted by molar-refractivity contribution is 5.04. The number of rotatable bonds is 2. The van der Waals surface area contributed by atoms with E-state index in [1.54, 1.807) is 0 Å². The number of allylic oxidation sites excluding steroid dienone is 1. The molecule has 114 valence electrons. The van der Waals surface area contributed by atoms with Crippen LogP contribution in [0.25, 0.3) is 0 Å². The molecule has 2 aliphatic carbocycles. The first kappa shape index (κ1) is 14.6. The van der Waals surface area contributed by atoms with Gasteiger partial charge in [-0.2, -0.15) is 0 Å². The minimum atomic E-state index is 0.449. The van der Waals surface area contributed by atoms with Gasteiger partial charge in [-0.15, -0.1) is 0 Å². The Morgan fingerprint density at radius 3 is 2.60 bits per heavy atom. The summed E-state index contributed by atoms with van der Waals surface area (Å²) in [4.78, 5) is 2.90. The van der Waals surface area contributed by atoms with E-state index in [-0.39, 0.29) is 0 Å². The number of nitrogens with zero attached hydrogens (tertiary/aromatic N) is 1. The van der Waals surface area contributed by atoms with Gasteiger partial charge in [0, 0.05) is 30.7 Å². The zero-order valence-electron chi connectivity index (χ0n) is 13.4. The zero-order valence-corrected chi connectivity index (χ0v) is 13.4. The Labute approximate surface area is 125 Å². The summed E-state index contributed by atoms with van der Waals surface area (Å²) in [6, 6.07) is 1.53. The van der Waals surface area contributed by atoms with Crippen LogP contribution in [0.5, 0.6) is 0 Å². The van der Waals surface area contributed by atoms with Crippen molar-refractivity contribution in [1.29, 1.82) is 0 Å². The topological polar surface area (TPSA) is 15.3 Å². The normalized spacial score (nSPS) is 34.8. The average molecular weight is 276 g/mol. The number of hydrogen-bond acceptors (Lipinski definition) is 2. The minimum Gasteiger partial charge on any atom is -0.308 e. The summed E-state index contributed by atoms with van der Waals surface area (Å²) < 4.78 is 0. The van der Waals surface area contributed by atoms with Crippen molar-refractivity contribution >= 4 is 0 Å². The van der Waals surface area contributed by atoms with Gasteiger partial charge in [0.05, 0.1) is 0 Å². The lowest BCUT2D eigenvalue weighted by molar-refractivity contribution is 0.00344. The summed E-state index contributed by atoms with van der Waals surface area (Å²) in [7, 11) is 0. The Morgan fingerprint density at radius 1 is 1.15 bits per heavy atom. The van der Waals surface area contributed by atoms with Crippen LogP contribution in [0, 0.1) is 5.92 Å². The molecule has 0 bridgehead atoms. The molecule has 1 aliphatic heterocycles. The van der Waals surface area contributed by atoms with Crippen LogP contribution in [-0.2, 0) is 0 Å². The molecular formula is C18H32N2. The summed E-state index contributed by atoms with van der Waals surface area (Å²) in [5.74, 6) is 0.759. The molecule has 2 nitrogen and oxygen atoms in total. The Bertz CT molecular complexity index is 341. The van der Waals surface area contributed by atoms with Gasteiger partial charge in [0.15, 0.2) is 0 Å². The van der Waals surface area contributed by atoms with E-state index >= 15 is 0 Å². The van der Waals surface area contributed by atoms with Gasteiger partial charge in [-0.3, -0.25) is 4.90 Å². The van der Waals surface area contributed by atoms with E-state index < -0.39 is 0 Å². The van der Waals surface area contributed by atoms with Crippen LogP contribution in [0.4, 0.5) is 0 Å². The Balaban J connectivity index is 1.75. The van der Waals surface area contributed by atoms with Crippen molar-refractivity contribution in [3.63, 3.8) is 0 Å².